The zero-order valence-corrected chi connectivity index (χ0v) is 12.3. The van der Waals surface area contributed by atoms with Crippen LogP contribution in [0.4, 0.5) is 0 Å². The molecule has 0 aromatic carbocycles. The molecule has 4 nitrogen and oxygen atoms in total. The van der Waals surface area contributed by atoms with E-state index in [0.29, 0.717) is 6.42 Å². The Bertz CT molecular complexity index is 162. The van der Waals surface area contributed by atoms with Crippen LogP contribution in [0.3, 0.4) is 0 Å². The number of carboxylic acids is 1. The summed E-state index contributed by atoms with van der Waals surface area (Å²) in [5.41, 5.74) is 0. The topological polar surface area (TPSA) is 60.8 Å². The van der Waals surface area contributed by atoms with E-state index in [9.17, 15) is 4.79 Å². The van der Waals surface area contributed by atoms with Crippen molar-refractivity contribution in [1.29, 1.82) is 0 Å². The third kappa shape index (κ3) is 18.3. The first-order valence-corrected chi connectivity index (χ1v) is 6.13. The van der Waals surface area contributed by atoms with Gasteiger partial charge in [-0.2, -0.15) is 0 Å². The Morgan fingerprint density at radius 3 is 1.82 bits per heavy atom. The van der Waals surface area contributed by atoms with Crippen molar-refractivity contribution in [2.45, 2.75) is 59.6 Å². The molecule has 0 saturated heterocycles. The van der Waals surface area contributed by atoms with Crippen LogP contribution in [-0.4, -0.2) is 40.4 Å². The second-order valence-electron chi connectivity index (χ2n) is 3.70. The lowest BCUT2D eigenvalue weighted by atomic mass is 10.2. The van der Waals surface area contributed by atoms with E-state index < -0.39 is 5.97 Å². The second-order valence-corrected chi connectivity index (χ2v) is 3.70. The summed E-state index contributed by atoms with van der Waals surface area (Å²) in [5, 5.41) is 17.1. The van der Waals surface area contributed by atoms with Crippen molar-refractivity contribution < 1.29 is 15.0 Å². The average molecular weight is 270 g/mol. The first-order chi connectivity index (χ1) is 7.49. The summed E-state index contributed by atoms with van der Waals surface area (Å²) < 4.78 is 0. The standard InChI is InChI=1S/C6H15NO.C6H12O2.ClH/c1-4-7(5-2)6(3)8;1-2-3-4-5-6(7)8;/h6,8H,4-5H2,1-3H3;2-5H2,1H3,(H,7,8);1H. The molecule has 1 unspecified atom stereocenters. The molecule has 0 aliphatic rings. The molecule has 5 heteroatoms. The number of halogens is 1. The second kappa shape index (κ2) is 15.7. The first-order valence-electron chi connectivity index (χ1n) is 6.13. The molecule has 106 valence electrons. The summed E-state index contributed by atoms with van der Waals surface area (Å²) in [6.07, 6.45) is 2.99. The first kappa shape index (κ1) is 21.9. The number of rotatable bonds is 7. The van der Waals surface area contributed by atoms with E-state index >= 15 is 0 Å². The lowest BCUT2D eigenvalue weighted by Gasteiger charge is -2.20. The fourth-order valence-electron chi connectivity index (χ4n) is 1.28. The normalized spacial score (nSPS) is 11.2. The number of nitrogens with zero attached hydrogens (tertiary/aromatic N) is 1. The molecule has 0 heterocycles. The quantitative estimate of drug-likeness (QED) is 0.551. The van der Waals surface area contributed by atoms with Gasteiger partial charge in [0.2, 0.25) is 0 Å². The van der Waals surface area contributed by atoms with Gasteiger partial charge in [-0.05, 0) is 26.4 Å². The van der Waals surface area contributed by atoms with E-state index in [1.54, 1.807) is 6.92 Å². The third-order valence-corrected chi connectivity index (χ3v) is 2.34. The zero-order valence-electron chi connectivity index (χ0n) is 11.5. The molecule has 0 radical (unpaired) electrons. The van der Waals surface area contributed by atoms with Gasteiger partial charge in [-0.25, -0.2) is 0 Å². The van der Waals surface area contributed by atoms with Gasteiger partial charge in [0, 0.05) is 6.42 Å². The highest BCUT2D eigenvalue weighted by atomic mass is 35.5. The molecule has 0 aromatic heterocycles. The van der Waals surface area contributed by atoms with Gasteiger partial charge in [-0.1, -0.05) is 33.6 Å². The summed E-state index contributed by atoms with van der Waals surface area (Å²) in [5.74, 6) is -0.682. The van der Waals surface area contributed by atoms with Gasteiger partial charge in [0.1, 0.15) is 6.23 Å². The SMILES string of the molecule is CCCCCC(=O)O.CCN(CC)C(C)O.Cl. The van der Waals surface area contributed by atoms with Crippen LogP contribution in [0.15, 0.2) is 0 Å². The zero-order chi connectivity index (χ0) is 13.0. The number of aliphatic hydroxyl groups is 1. The third-order valence-electron chi connectivity index (χ3n) is 2.34. The number of unbranched alkanes of at least 4 members (excludes halogenated alkanes) is 2. The maximum atomic E-state index is 9.87. The fraction of sp³-hybridized carbons (Fsp3) is 0.917. The molecular weight excluding hydrogens is 242 g/mol. The van der Waals surface area contributed by atoms with E-state index in [-0.39, 0.29) is 18.6 Å². The highest BCUT2D eigenvalue weighted by Gasteiger charge is 2.02. The molecule has 0 aliphatic carbocycles. The van der Waals surface area contributed by atoms with Crippen LogP contribution in [-0.2, 0) is 4.79 Å². The van der Waals surface area contributed by atoms with Gasteiger partial charge in [-0.3, -0.25) is 9.69 Å². The van der Waals surface area contributed by atoms with Crippen LogP contribution in [0.2, 0.25) is 0 Å². The van der Waals surface area contributed by atoms with Crippen molar-refractivity contribution >= 4 is 18.4 Å². The van der Waals surface area contributed by atoms with Crippen LogP contribution in [0, 0.1) is 0 Å². The number of carboxylic acid groups (broad SMARTS) is 1. The molecule has 0 amide bonds. The summed E-state index contributed by atoms with van der Waals surface area (Å²) in [4.78, 5) is 11.8. The van der Waals surface area contributed by atoms with Gasteiger partial charge < -0.3 is 10.2 Å². The summed E-state index contributed by atoms with van der Waals surface area (Å²) >= 11 is 0. The van der Waals surface area contributed by atoms with Gasteiger partial charge in [0.25, 0.3) is 0 Å². The fourth-order valence-corrected chi connectivity index (χ4v) is 1.28. The van der Waals surface area contributed by atoms with Gasteiger partial charge >= 0.3 is 5.97 Å². The Hall–Kier alpha value is -0.320. The Morgan fingerprint density at radius 1 is 1.18 bits per heavy atom. The number of hydrogen-bond donors (Lipinski definition) is 2. The number of aliphatic hydroxyl groups excluding tert-OH is 1. The van der Waals surface area contributed by atoms with E-state index in [1.807, 2.05) is 18.7 Å². The Labute approximate surface area is 111 Å². The van der Waals surface area contributed by atoms with Crippen molar-refractivity contribution in [2.24, 2.45) is 0 Å². The molecule has 2 N–H and O–H groups in total. The van der Waals surface area contributed by atoms with Crippen molar-refractivity contribution in [1.82, 2.24) is 4.90 Å². The van der Waals surface area contributed by atoms with E-state index in [4.69, 9.17) is 10.2 Å². The van der Waals surface area contributed by atoms with E-state index in [0.717, 1.165) is 32.4 Å². The number of hydrogen-bond acceptors (Lipinski definition) is 3. The molecule has 0 bridgehead atoms. The van der Waals surface area contributed by atoms with Crippen molar-refractivity contribution in [2.75, 3.05) is 13.1 Å². The molecule has 0 spiro atoms. The van der Waals surface area contributed by atoms with Crippen LogP contribution in [0.1, 0.15) is 53.4 Å². The van der Waals surface area contributed by atoms with Gasteiger partial charge in [-0.15, -0.1) is 12.4 Å². The number of carbonyl (C=O) groups is 1. The largest absolute Gasteiger partial charge is 0.481 e. The maximum Gasteiger partial charge on any atom is 0.303 e. The molecular formula is C12H28ClNO3. The van der Waals surface area contributed by atoms with Crippen LogP contribution >= 0.6 is 12.4 Å². The van der Waals surface area contributed by atoms with Gasteiger partial charge in [0.05, 0.1) is 0 Å². The highest BCUT2D eigenvalue weighted by molar-refractivity contribution is 5.85. The minimum Gasteiger partial charge on any atom is -0.481 e. The van der Waals surface area contributed by atoms with Crippen molar-refractivity contribution in [3.63, 3.8) is 0 Å². The predicted molar refractivity (Wildman–Crippen MR) is 73.6 cm³/mol. The van der Waals surface area contributed by atoms with E-state index in [1.165, 1.54) is 0 Å². The van der Waals surface area contributed by atoms with Crippen LogP contribution in [0.25, 0.3) is 0 Å². The molecule has 0 saturated carbocycles. The average Bonchev–Trinajstić information content (AvgIpc) is 2.20. The lowest BCUT2D eigenvalue weighted by molar-refractivity contribution is -0.137. The summed E-state index contributed by atoms with van der Waals surface area (Å²) in [6.45, 7) is 9.77. The minimum absolute atomic E-state index is 0. The maximum absolute atomic E-state index is 9.87. The Kier molecular flexibility index (Phi) is 20.2. The molecule has 1 atom stereocenters. The highest BCUT2D eigenvalue weighted by Crippen LogP contribution is 1.97. The van der Waals surface area contributed by atoms with Crippen molar-refractivity contribution in [3.8, 4) is 0 Å². The molecule has 0 fully saturated rings. The Balaban J connectivity index is -0.000000218. The Morgan fingerprint density at radius 2 is 1.65 bits per heavy atom. The lowest BCUT2D eigenvalue weighted by Crippen LogP contribution is -2.32. The summed E-state index contributed by atoms with van der Waals surface area (Å²) in [6, 6.07) is 0. The van der Waals surface area contributed by atoms with Gasteiger partial charge in [0.15, 0.2) is 0 Å². The number of aliphatic carboxylic acids is 1. The smallest absolute Gasteiger partial charge is 0.303 e. The van der Waals surface area contributed by atoms with Crippen LogP contribution in [0.5, 0.6) is 0 Å². The minimum atomic E-state index is -0.682. The van der Waals surface area contributed by atoms with Crippen molar-refractivity contribution in [3.05, 3.63) is 0 Å². The summed E-state index contributed by atoms with van der Waals surface area (Å²) in [7, 11) is 0. The van der Waals surface area contributed by atoms with E-state index in [2.05, 4.69) is 6.92 Å². The predicted octanol–water partition coefficient (Wildman–Crippen LogP) is 2.74. The molecule has 0 rings (SSSR count). The van der Waals surface area contributed by atoms with Crippen LogP contribution < -0.4 is 0 Å². The molecule has 17 heavy (non-hydrogen) atoms. The molecule has 0 aromatic rings. The monoisotopic (exact) mass is 269 g/mol. The molecule has 0 aliphatic heterocycles.